The van der Waals surface area contributed by atoms with E-state index >= 15 is 0 Å². The summed E-state index contributed by atoms with van der Waals surface area (Å²) in [5.41, 5.74) is 0.311. The molecule has 0 spiro atoms. The molecule has 0 saturated heterocycles. The van der Waals surface area contributed by atoms with Gasteiger partial charge in [0, 0.05) is 12.5 Å². The molecule has 1 aromatic carbocycles. The molecule has 6 heteroatoms. The quantitative estimate of drug-likeness (QED) is 0.897. The Kier molecular flexibility index (Phi) is 4.04. The van der Waals surface area contributed by atoms with Gasteiger partial charge in [-0.3, -0.25) is 0 Å². The largest absolute Gasteiger partial charge is 0.573 e. The Bertz CT molecular complexity index is 366. The molecular formula is C10H9ClF3O2. The normalized spacial score (nSPS) is 13.6. The van der Waals surface area contributed by atoms with Crippen LogP contribution in [0.4, 0.5) is 13.2 Å². The van der Waals surface area contributed by atoms with Crippen LogP contribution >= 0.6 is 11.6 Å². The predicted octanol–water partition coefficient (Wildman–Crippen LogP) is 3.15. The van der Waals surface area contributed by atoms with Gasteiger partial charge in [-0.15, -0.1) is 13.2 Å². The van der Waals surface area contributed by atoms with Gasteiger partial charge in [0.1, 0.15) is 5.75 Å². The summed E-state index contributed by atoms with van der Waals surface area (Å²) in [6.07, 6.45) is -4.79. The van der Waals surface area contributed by atoms with Gasteiger partial charge in [0.2, 0.25) is 0 Å². The third-order valence-corrected chi connectivity index (χ3v) is 2.28. The summed E-state index contributed by atoms with van der Waals surface area (Å²) in [6.45, 7) is 3.24. The fraction of sp³-hybridized carbons (Fsp3) is 0.300. The third kappa shape index (κ3) is 3.28. The molecule has 0 heterocycles. The van der Waals surface area contributed by atoms with Crippen molar-refractivity contribution in [1.29, 1.82) is 0 Å². The van der Waals surface area contributed by atoms with E-state index in [4.69, 9.17) is 16.7 Å². The standard InChI is InChI=1S/C10H9ClF3O2/c1-6(5-15)7-3-2-4-8(9(7)11)16-10(12,13)14/h2-4,6,15H,1,5H2. The van der Waals surface area contributed by atoms with E-state index in [9.17, 15) is 13.2 Å². The summed E-state index contributed by atoms with van der Waals surface area (Å²) in [5.74, 6) is -1.09. The minimum atomic E-state index is -4.79. The highest BCUT2D eigenvalue weighted by Gasteiger charge is 2.32. The number of alkyl halides is 3. The van der Waals surface area contributed by atoms with Gasteiger partial charge in [0.25, 0.3) is 0 Å². The fourth-order valence-electron chi connectivity index (χ4n) is 1.14. The van der Waals surface area contributed by atoms with Crippen LogP contribution in [0.3, 0.4) is 0 Å². The molecule has 0 aromatic heterocycles. The molecule has 1 unspecified atom stereocenters. The lowest BCUT2D eigenvalue weighted by atomic mass is 10.0. The average Bonchev–Trinajstić information content (AvgIpc) is 2.18. The average molecular weight is 254 g/mol. The van der Waals surface area contributed by atoms with Gasteiger partial charge >= 0.3 is 6.36 Å². The zero-order chi connectivity index (χ0) is 12.3. The highest BCUT2D eigenvalue weighted by atomic mass is 35.5. The lowest BCUT2D eigenvalue weighted by Crippen LogP contribution is -2.17. The third-order valence-electron chi connectivity index (χ3n) is 1.88. The summed E-state index contributed by atoms with van der Waals surface area (Å²) >= 11 is 5.71. The molecule has 0 bridgehead atoms. The minimum Gasteiger partial charge on any atom is -0.404 e. The number of rotatable bonds is 3. The summed E-state index contributed by atoms with van der Waals surface area (Å²) in [7, 11) is 0. The maximum absolute atomic E-state index is 12.0. The van der Waals surface area contributed by atoms with E-state index in [1.54, 1.807) is 0 Å². The molecule has 0 fully saturated rings. The van der Waals surface area contributed by atoms with E-state index in [0.717, 1.165) is 6.07 Å². The highest BCUT2D eigenvalue weighted by Crippen LogP contribution is 2.35. The Hall–Kier alpha value is -0.940. The molecule has 0 amide bonds. The van der Waals surface area contributed by atoms with E-state index in [1.807, 2.05) is 0 Å². The highest BCUT2D eigenvalue weighted by molar-refractivity contribution is 6.32. The summed E-state index contributed by atoms with van der Waals surface area (Å²) in [4.78, 5) is 0. The SMILES string of the molecule is [CH2]C(CO)c1cccc(OC(F)(F)F)c1Cl. The van der Waals surface area contributed by atoms with Crippen molar-refractivity contribution in [2.24, 2.45) is 0 Å². The van der Waals surface area contributed by atoms with Crippen molar-refractivity contribution in [2.75, 3.05) is 6.61 Å². The lowest BCUT2D eigenvalue weighted by Gasteiger charge is -2.15. The van der Waals surface area contributed by atoms with Crippen molar-refractivity contribution in [3.63, 3.8) is 0 Å². The smallest absolute Gasteiger partial charge is 0.404 e. The second-order valence-electron chi connectivity index (χ2n) is 3.09. The lowest BCUT2D eigenvalue weighted by molar-refractivity contribution is -0.274. The molecule has 1 aromatic rings. The van der Waals surface area contributed by atoms with Crippen molar-refractivity contribution in [3.8, 4) is 5.75 Å². The van der Waals surface area contributed by atoms with Gasteiger partial charge in [-0.2, -0.15) is 0 Å². The Morgan fingerprint density at radius 3 is 2.56 bits per heavy atom. The van der Waals surface area contributed by atoms with Crippen molar-refractivity contribution in [3.05, 3.63) is 35.7 Å². The molecule has 89 valence electrons. The monoisotopic (exact) mass is 253 g/mol. The number of aliphatic hydroxyl groups excluding tert-OH is 1. The van der Waals surface area contributed by atoms with E-state index in [-0.39, 0.29) is 11.6 Å². The second kappa shape index (κ2) is 4.93. The maximum atomic E-state index is 12.0. The van der Waals surface area contributed by atoms with Crippen molar-refractivity contribution in [2.45, 2.75) is 12.3 Å². The van der Waals surface area contributed by atoms with Crippen molar-refractivity contribution >= 4 is 11.6 Å². The van der Waals surface area contributed by atoms with Gasteiger partial charge in [0.15, 0.2) is 0 Å². The van der Waals surface area contributed by atoms with E-state index in [0.29, 0.717) is 5.56 Å². The Morgan fingerprint density at radius 1 is 1.44 bits per heavy atom. The first-order valence-electron chi connectivity index (χ1n) is 4.33. The number of hydrogen-bond donors (Lipinski definition) is 1. The first-order chi connectivity index (χ1) is 7.35. The van der Waals surface area contributed by atoms with Crippen LogP contribution in [0.25, 0.3) is 0 Å². The number of halogens is 4. The van der Waals surface area contributed by atoms with Gasteiger partial charge in [-0.25, -0.2) is 0 Å². The maximum Gasteiger partial charge on any atom is 0.573 e. The molecule has 1 rings (SSSR count). The topological polar surface area (TPSA) is 29.5 Å². The number of benzene rings is 1. The van der Waals surface area contributed by atoms with Crippen LogP contribution in [0, 0.1) is 6.92 Å². The first-order valence-corrected chi connectivity index (χ1v) is 4.71. The Morgan fingerprint density at radius 2 is 2.06 bits per heavy atom. The fourth-order valence-corrected chi connectivity index (χ4v) is 1.46. The minimum absolute atomic E-state index is 0.186. The summed E-state index contributed by atoms with van der Waals surface area (Å²) in [6, 6.07) is 3.94. The molecule has 0 aliphatic rings. The van der Waals surface area contributed by atoms with Crippen LogP contribution in [0.2, 0.25) is 5.02 Å². The van der Waals surface area contributed by atoms with E-state index < -0.39 is 18.0 Å². The summed E-state index contributed by atoms with van der Waals surface area (Å²) < 4.78 is 39.7. The van der Waals surface area contributed by atoms with Crippen molar-refractivity contribution in [1.82, 2.24) is 0 Å². The van der Waals surface area contributed by atoms with Gasteiger partial charge in [0.05, 0.1) is 5.02 Å². The molecule has 0 aliphatic heterocycles. The van der Waals surface area contributed by atoms with Crippen LogP contribution in [0.1, 0.15) is 11.5 Å². The molecule has 2 nitrogen and oxygen atoms in total. The van der Waals surface area contributed by atoms with Gasteiger partial charge < -0.3 is 9.84 Å². The van der Waals surface area contributed by atoms with Crippen LogP contribution in [0.5, 0.6) is 5.75 Å². The predicted molar refractivity (Wildman–Crippen MR) is 53.3 cm³/mol. The molecule has 1 radical (unpaired) electrons. The number of aliphatic hydroxyl groups is 1. The van der Waals surface area contributed by atoms with Crippen LogP contribution in [-0.2, 0) is 0 Å². The Labute approximate surface area is 95.6 Å². The van der Waals surface area contributed by atoms with Gasteiger partial charge in [-0.1, -0.05) is 23.7 Å². The van der Waals surface area contributed by atoms with Crippen LogP contribution < -0.4 is 4.74 Å². The number of ether oxygens (including phenoxy) is 1. The van der Waals surface area contributed by atoms with Crippen LogP contribution in [0.15, 0.2) is 18.2 Å². The zero-order valence-corrected chi connectivity index (χ0v) is 8.85. The van der Waals surface area contributed by atoms with Crippen LogP contribution in [-0.4, -0.2) is 18.1 Å². The van der Waals surface area contributed by atoms with E-state index in [2.05, 4.69) is 11.7 Å². The Balaban J connectivity index is 3.04. The molecule has 1 atom stereocenters. The molecule has 0 aliphatic carbocycles. The number of hydrogen-bond acceptors (Lipinski definition) is 2. The second-order valence-corrected chi connectivity index (χ2v) is 3.46. The molecule has 16 heavy (non-hydrogen) atoms. The summed E-state index contributed by atoms with van der Waals surface area (Å²) in [5, 5.41) is 8.67. The molecule has 1 N–H and O–H groups in total. The molecular weight excluding hydrogens is 245 g/mol. The molecule has 0 saturated carbocycles. The van der Waals surface area contributed by atoms with Crippen molar-refractivity contribution < 1.29 is 23.0 Å². The first kappa shape index (κ1) is 13.1. The van der Waals surface area contributed by atoms with Gasteiger partial charge in [-0.05, 0) is 18.6 Å². The zero-order valence-electron chi connectivity index (χ0n) is 8.09. The van der Waals surface area contributed by atoms with E-state index in [1.165, 1.54) is 12.1 Å².